The van der Waals surface area contributed by atoms with Crippen molar-refractivity contribution >= 4 is 29.7 Å². The molecule has 3 N–H and O–H groups in total. The standard InChI is InChI=1S/C18H26N2O6S/c1-12(21)15(17(23)25-2)20-16(22)14(9-10-27-3)19-18(24)26-11-13-7-5-4-6-8-13/h4-8,12,14-15,21H,9-11H2,1-3H3,(H,19,24)(H,20,22)/t12-,14-,15-/m1/s1. The molecule has 0 saturated heterocycles. The Kier molecular flexibility index (Phi) is 10.3. The summed E-state index contributed by atoms with van der Waals surface area (Å²) in [5, 5.41) is 14.6. The van der Waals surface area contributed by atoms with Crippen LogP contribution in [0.1, 0.15) is 18.9 Å². The minimum Gasteiger partial charge on any atom is -0.467 e. The molecule has 9 heteroatoms. The molecular weight excluding hydrogens is 372 g/mol. The van der Waals surface area contributed by atoms with Gasteiger partial charge in [0.25, 0.3) is 0 Å². The monoisotopic (exact) mass is 398 g/mol. The molecule has 1 aromatic carbocycles. The molecule has 1 aromatic rings. The fourth-order valence-corrected chi connectivity index (χ4v) is 2.64. The van der Waals surface area contributed by atoms with Gasteiger partial charge in [-0.3, -0.25) is 4.79 Å². The molecule has 3 atom stereocenters. The molecule has 0 aromatic heterocycles. The van der Waals surface area contributed by atoms with Crippen LogP contribution in [0, 0.1) is 0 Å². The van der Waals surface area contributed by atoms with Gasteiger partial charge in [-0.15, -0.1) is 0 Å². The van der Waals surface area contributed by atoms with E-state index in [0.29, 0.717) is 12.2 Å². The molecule has 0 saturated carbocycles. The Morgan fingerprint density at radius 1 is 1.19 bits per heavy atom. The summed E-state index contributed by atoms with van der Waals surface area (Å²) in [6.45, 7) is 1.43. The van der Waals surface area contributed by atoms with Crippen LogP contribution in [0.5, 0.6) is 0 Å². The average molecular weight is 398 g/mol. The number of aliphatic hydroxyl groups is 1. The molecule has 27 heavy (non-hydrogen) atoms. The number of alkyl carbamates (subject to hydrolysis) is 1. The van der Waals surface area contributed by atoms with Crippen LogP contribution in [0.3, 0.4) is 0 Å². The van der Waals surface area contributed by atoms with E-state index in [1.807, 2.05) is 36.6 Å². The highest BCUT2D eigenvalue weighted by Gasteiger charge is 2.30. The van der Waals surface area contributed by atoms with Crippen molar-refractivity contribution in [3.8, 4) is 0 Å². The molecule has 0 bridgehead atoms. The predicted molar refractivity (Wildman–Crippen MR) is 102 cm³/mol. The molecule has 0 spiro atoms. The Morgan fingerprint density at radius 2 is 1.85 bits per heavy atom. The third kappa shape index (κ3) is 8.31. The summed E-state index contributed by atoms with van der Waals surface area (Å²) in [6, 6.07) is 7.01. The summed E-state index contributed by atoms with van der Waals surface area (Å²) in [5.74, 6) is -0.764. The Morgan fingerprint density at radius 3 is 2.41 bits per heavy atom. The number of amides is 2. The summed E-state index contributed by atoms with van der Waals surface area (Å²) in [7, 11) is 1.16. The molecule has 8 nitrogen and oxygen atoms in total. The lowest BCUT2D eigenvalue weighted by atomic mass is 10.1. The van der Waals surface area contributed by atoms with Crippen LogP contribution in [0.15, 0.2) is 30.3 Å². The number of aliphatic hydroxyl groups excluding tert-OH is 1. The molecule has 0 aliphatic heterocycles. The third-order valence-electron chi connectivity index (χ3n) is 3.67. The van der Waals surface area contributed by atoms with Crippen molar-refractivity contribution in [2.24, 2.45) is 0 Å². The quantitative estimate of drug-likeness (QED) is 0.505. The van der Waals surface area contributed by atoms with Crippen LogP contribution in [-0.2, 0) is 25.7 Å². The van der Waals surface area contributed by atoms with Gasteiger partial charge in [0.2, 0.25) is 5.91 Å². The van der Waals surface area contributed by atoms with E-state index in [-0.39, 0.29) is 6.61 Å². The van der Waals surface area contributed by atoms with E-state index in [9.17, 15) is 19.5 Å². The van der Waals surface area contributed by atoms with Crippen LogP contribution in [0.25, 0.3) is 0 Å². The molecule has 2 amide bonds. The molecule has 1 rings (SSSR count). The first-order chi connectivity index (χ1) is 12.9. The number of rotatable bonds is 10. The topological polar surface area (TPSA) is 114 Å². The second-order valence-corrected chi connectivity index (χ2v) is 6.78. The summed E-state index contributed by atoms with van der Waals surface area (Å²) >= 11 is 1.51. The number of carbonyl (C=O) groups excluding carboxylic acids is 3. The average Bonchev–Trinajstić information content (AvgIpc) is 2.67. The maximum absolute atomic E-state index is 12.5. The Hall–Kier alpha value is -2.26. The highest BCUT2D eigenvalue weighted by atomic mass is 32.2. The number of nitrogens with one attached hydrogen (secondary N) is 2. The van der Waals surface area contributed by atoms with Gasteiger partial charge >= 0.3 is 12.1 Å². The van der Waals surface area contributed by atoms with E-state index >= 15 is 0 Å². The molecule has 0 radical (unpaired) electrons. The molecule has 0 heterocycles. The number of hydrogen-bond donors (Lipinski definition) is 3. The van der Waals surface area contributed by atoms with Crippen molar-refractivity contribution in [1.82, 2.24) is 10.6 Å². The van der Waals surface area contributed by atoms with Gasteiger partial charge < -0.3 is 25.2 Å². The molecule has 0 fully saturated rings. The predicted octanol–water partition coefficient (Wildman–Crippen LogP) is 1.07. The number of carbonyl (C=O) groups is 3. The van der Waals surface area contributed by atoms with Crippen molar-refractivity contribution in [2.75, 3.05) is 19.1 Å². The van der Waals surface area contributed by atoms with E-state index < -0.39 is 36.2 Å². The number of thioether (sulfide) groups is 1. The van der Waals surface area contributed by atoms with E-state index in [4.69, 9.17) is 4.74 Å². The highest BCUT2D eigenvalue weighted by Crippen LogP contribution is 2.05. The second kappa shape index (κ2) is 12.2. The zero-order valence-electron chi connectivity index (χ0n) is 15.6. The normalized spacial score (nSPS) is 13.8. The number of hydrogen-bond acceptors (Lipinski definition) is 7. The van der Waals surface area contributed by atoms with Gasteiger partial charge in [0.1, 0.15) is 12.6 Å². The second-order valence-electron chi connectivity index (χ2n) is 5.79. The van der Waals surface area contributed by atoms with Gasteiger partial charge in [0.05, 0.1) is 13.2 Å². The van der Waals surface area contributed by atoms with Gasteiger partial charge in [-0.05, 0) is 30.9 Å². The zero-order valence-corrected chi connectivity index (χ0v) is 16.5. The zero-order chi connectivity index (χ0) is 20.2. The number of methoxy groups -OCH3 is 1. The Bertz CT molecular complexity index is 611. The largest absolute Gasteiger partial charge is 0.467 e. The summed E-state index contributed by atoms with van der Waals surface area (Å²) < 4.78 is 9.71. The van der Waals surface area contributed by atoms with Crippen molar-refractivity contribution in [3.05, 3.63) is 35.9 Å². The lowest BCUT2D eigenvalue weighted by Gasteiger charge is -2.23. The fourth-order valence-electron chi connectivity index (χ4n) is 2.17. The Labute approximate surface area is 163 Å². The van der Waals surface area contributed by atoms with Crippen LogP contribution in [0.4, 0.5) is 4.79 Å². The van der Waals surface area contributed by atoms with Crippen molar-refractivity contribution < 1.29 is 29.0 Å². The summed E-state index contributed by atoms with van der Waals surface area (Å²) in [4.78, 5) is 36.2. The van der Waals surface area contributed by atoms with Crippen molar-refractivity contribution in [3.63, 3.8) is 0 Å². The van der Waals surface area contributed by atoms with E-state index in [0.717, 1.165) is 12.7 Å². The first-order valence-electron chi connectivity index (χ1n) is 8.41. The Balaban J connectivity index is 2.68. The van der Waals surface area contributed by atoms with Gasteiger partial charge in [-0.2, -0.15) is 11.8 Å². The summed E-state index contributed by atoms with van der Waals surface area (Å²) in [5.41, 5.74) is 0.817. The lowest BCUT2D eigenvalue weighted by molar-refractivity contribution is -0.148. The number of benzene rings is 1. The minimum atomic E-state index is -1.22. The molecule has 0 aliphatic carbocycles. The van der Waals surface area contributed by atoms with Crippen LogP contribution >= 0.6 is 11.8 Å². The molecular formula is C18H26N2O6S. The van der Waals surface area contributed by atoms with Gasteiger partial charge in [-0.1, -0.05) is 30.3 Å². The van der Waals surface area contributed by atoms with Crippen LogP contribution in [0.2, 0.25) is 0 Å². The smallest absolute Gasteiger partial charge is 0.408 e. The van der Waals surface area contributed by atoms with Crippen LogP contribution < -0.4 is 10.6 Å². The maximum atomic E-state index is 12.5. The van der Waals surface area contributed by atoms with Crippen molar-refractivity contribution in [1.29, 1.82) is 0 Å². The number of ether oxygens (including phenoxy) is 2. The number of esters is 1. The first-order valence-corrected chi connectivity index (χ1v) is 9.80. The van der Waals surface area contributed by atoms with Crippen LogP contribution in [-0.4, -0.2) is 60.4 Å². The van der Waals surface area contributed by atoms with Gasteiger partial charge in [0.15, 0.2) is 6.04 Å². The fraction of sp³-hybridized carbons (Fsp3) is 0.500. The SMILES string of the molecule is COC(=O)[C@H](NC(=O)[C@@H](CCSC)NC(=O)OCc1ccccc1)[C@@H](C)O. The highest BCUT2D eigenvalue weighted by molar-refractivity contribution is 7.98. The van der Waals surface area contributed by atoms with E-state index in [1.165, 1.54) is 18.7 Å². The van der Waals surface area contributed by atoms with Gasteiger partial charge in [-0.25, -0.2) is 9.59 Å². The lowest BCUT2D eigenvalue weighted by Crippen LogP contribution is -2.55. The molecule has 0 unspecified atom stereocenters. The molecule has 150 valence electrons. The maximum Gasteiger partial charge on any atom is 0.408 e. The van der Waals surface area contributed by atoms with Crippen molar-refractivity contribution in [2.45, 2.75) is 38.1 Å². The van der Waals surface area contributed by atoms with E-state index in [1.54, 1.807) is 0 Å². The summed E-state index contributed by atoms with van der Waals surface area (Å²) in [6.07, 6.45) is 0.316. The first kappa shape index (κ1) is 22.8. The third-order valence-corrected chi connectivity index (χ3v) is 4.31. The molecule has 0 aliphatic rings. The van der Waals surface area contributed by atoms with E-state index in [2.05, 4.69) is 15.4 Å². The minimum absolute atomic E-state index is 0.0714. The van der Waals surface area contributed by atoms with Gasteiger partial charge in [0, 0.05) is 0 Å².